The van der Waals surface area contributed by atoms with E-state index in [0.717, 1.165) is 31.6 Å². The van der Waals surface area contributed by atoms with Crippen LogP contribution in [0.25, 0.3) is 0 Å². The Labute approximate surface area is 133 Å². The number of anilines is 1. The molecule has 2 atom stereocenters. The highest BCUT2D eigenvalue weighted by Gasteiger charge is 2.30. The fourth-order valence-electron chi connectivity index (χ4n) is 2.83. The minimum absolute atomic E-state index is 0.191. The minimum atomic E-state index is -0.433. The molecule has 1 saturated heterocycles. The summed E-state index contributed by atoms with van der Waals surface area (Å²) in [5.74, 6) is 0.446. The van der Waals surface area contributed by atoms with Crippen LogP contribution in [0.5, 0.6) is 0 Å². The molecule has 0 radical (unpaired) electrons. The predicted molar refractivity (Wildman–Crippen MR) is 90.1 cm³/mol. The Morgan fingerprint density at radius 2 is 2.00 bits per heavy atom. The monoisotopic (exact) mass is 304 g/mol. The van der Waals surface area contributed by atoms with Gasteiger partial charge in [0.15, 0.2) is 0 Å². The van der Waals surface area contributed by atoms with Crippen molar-refractivity contribution in [2.45, 2.75) is 52.2 Å². The Morgan fingerprint density at radius 1 is 1.32 bits per heavy atom. The van der Waals surface area contributed by atoms with Gasteiger partial charge >= 0.3 is 6.09 Å². The summed E-state index contributed by atoms with van der Waals surface area (Å²) < 4.78 is 5.49. The Kier molecular flexibility index (Phi) is 5.33. The molecule has 122 valence electrons. The quantitative estimate of drug-likeness (QED) is 0.912. The number of nitrogens with zero attached hydrogens (tertiary/aromatic N) is 1. The molecule has 1 N–H and O–H groups in total. The number of piperidine rings is 1. The number of nitrogens with one attached hydrogen (secondary N) is 1. The first kappa shape index (κ1) is 16.7. The zero-order chi connectivity index (χ0) is 16.2. The molecule has 0 aliphatic carbocycles. The summed E-state index contributed by atoms with van der Waals surface area (Å²) in [6, 6.07) is 10.6. The fourth-order valence-corrected chi connectivity index (χ4v) is 2.83. The van der Waals surface area contributed by atoms with E-state index >= 15 is 0 Å². The minimum Gasteiger partial charge on any atom is -0.444 e. The first-order valence-corrected chi connectivity index (χ1v) is 8.14. The highest BCUT2D eigenvalue weighted by atomic mass is 16.6. The summed E-state index contributed by atoms with van der Waals surface area (Å²) >= 11 is 0. The average molecular weight is 304 g/mol. The van der Waals surface area contributed by atoms with Crippen LogP contribution >= 0.6 is 0 Å². The van der Waals surface area contributed by atoms with Gasteiger partial charge in [0.1, 0.15) is 5.60 Å². The Hall–Kier alpha value is -1.71. The van der Waals surface area contributed by atoms with Crippen molar-refractivity contribution in [3.05, 3.63) is 30.3 Å². The number of amides is 1. The molecule has 4 nitrogen and oxygen atoms in total. The molecule has 0 spiro atoms. The van der Waals surface area contributed by atoms with Crippen LogP contribution in [0, 0.1) is 5.92 Å². The molecule has 1 aromatic rings. The number of ether oxygens (including phenoxy) is 1. The zero-order valence-corrected chi connectivity index (χ0v) is 14.1. The van der Waals surface area contributed by atoms with Crippen LogP contribution in [0.2, 0.25) is 0 Å². The molecule has 0 unspecified atom stereocenters. The lowest BCUT2D eigenvalue weighted by atomic mass is 9.91. The maximum Gasteiger partial charge on any atom is 0.410 e. The van der Waals surface area contributed by atoms with Crippen molar-refractivity contribution in [2.75, 3.05) is 18.4 Å². The molecule has 1 fully saturated rings. The molecule has 1 heterocycles. The number of likely N-dealkylation sites (tertiary alicyclic amines) is 1. The number of carbonyl (C=O) groups excluding carboxylic acids is 1. The first-order valence-electron chi connectivity index (χ1n) is 8.14. The first-order chi connectivity index (χ1) is 10.3. The molecule has 0 aromatic heterocycles. The van der Waals surface area contributed by atoms with Gasteiger partial charge in [-0.15, -0.1) is 0 Å². The number of para-hydroxylation sites is 1. The van der Waals surface area contributed by atoms with Crippen LogP contribution in [0.15, 0.2) is 30.3 Å². The highest BCUT2D eigenvalue weighted by Crippen LogP contribution is 2.23. The molecule has 0 bridgehead atoms. The lowest BCUT2D eigenvalue weighted by Crippen LogP contribution is -2.46. The summed E-state index contributed by atoms with van der Waals surface area (Å²) in [6.45, 7) is 9.47. The van der Waals surface area contributed by atoms with Crippen molar-refractivity contribution in [1.29, 1.82) is 0 Å². The number of carbonyl (C=O) groups is 1. The second-order valence-electron chi connectivity index (χ2n) is 7.13. The Morgan fingerprint density at radius 3 is 2.64 bits per heavy atom. The van der Waals surface area contributed by atoms with Gasteiger partial charge in [-0.2, -0.15) is 0 Å². The van der Waals surface area contributed by atoms with Gasteiger partial charge in [-0.3, -0.25) is 0 Å². The highest BCUT2D eigenvalue weighted by molar-refractivity contribution is 5.68. The predicted octanol–water partition coefficient (Wildman–Crippen LogP) is 4.13. The Bertz CT molecular complexity index is 482. The van der Waals surface area contributed by atoms with Gasteiger partial charge in [0, 0.05) is 24.8 Å². The van der Waals surface area contributed by atoms with Crippen LogP contribution in [-0.4, -0.2) is 35.7 Å². The topological polar surface area (TPSA) is 41.6 Å². The molecule has 2 rings (SSSR count). The van der Waals surface area contributed by atoms with Gasteiger partial charge in [0.05, 0.1) is 0 Å². The van der Waals surface area contributed by atoms with Gasteiger partial charge in [0.2, 0.25) is 0 Å². The summed E-state index contributed by atoms with van der Waals surface area (Å²) in [4.78, 5) is 14.1. The molecule has 1 aromatic carbocycles. The zero-order valence-electron chi connectivity index (χ0n) is 14.1. The third kappa shape index (κ3) is 4.93. The number of benzene rings is 1. The fraction of sp³-hybridized carbons (Fsp3) is 0.611. The molecule has 1 aliphatic rings. The van der Waals surface area contributed by atoms with E-state index in [2.05, 4.69) is 24.4 Å². The molecule has 4 heteroatoms. The summed E-state index contributed by atoms with van der Waals surface area (Å²) in [5, 5.41) is 3.54. The van der Waals surface area contributed by atoms with Crippen LogP contribution in [0.1, 0.15) is 40.5 Å². The van der Waals surface area contributed by atoms with E-state index in [4.69, 9.17) is 4.74 Å². The lowest BCUT2D eigenvalue weighted by molar-refractivity contribution is 0.0159. The lowest BCUT2D eigenvalue weighted by Gasteiger charge is -2.37. The maximum atomic E-state index is 12.2. The maximum absolute atomic E-state index is 12.2. The van der Waals surface area contributed by atoms with Gasteiger partial charge in [-0.25, -0.2) is 4.79 Å². The molecule has 1 amide bonds. The number of hydrogen-bond acceptors (Lipinski definition) is 3. The SMILES string of the molecule is C[C@H](Nc1ccccc1)[C@@H]1CCCN(C(=O)OC(C)(C)C)C1. The van der Waals surface area contributed by atoms with Crippen LogP contribution < -0.4 is 5.32 Å². The second kappa shape index (κ2) is 7.03. The van der Waals surface area contributed by atoms with Crippen molar-refractivity contribution in [1.82, 2.24) is 4.90 Å². The molecule has 1 aliphatic heterocycles. The van der Waals surface area contributed by atoms with Crippen LogP contribution in [0.3, 0.4) is 0 Å². The normalized spacial score (nSPS) is 20.4. The van der Waals surface area contributed by atoms with E-state index in [9.17, 15) is 4.79 Å². The number of rotatable bonds is 3. The second-order valence-corrected chi connectivity index (χ2v) is 7.13. The van der Waals surface area contributed by atoms with Crippen LogP contribution in [0.4, 0.5) is 10.5 Å². The summed E-state index contributed by atoms with van der Waals surface area (Å²) in [5.41, 5.74) is 0.696. The van der Waals surface area contributed by atoms with Gasteiger partial charge < -0.3 is 15.0 Å². The van der Waals surface area contributed by atoms with E-state index in [1.807, 2.05) is 43.9 Å². The summed E-state index contributed by atoms with van der Waals surface area (Å²) in [7, 11) is 0. The van der Waals surface area contributed by atoms with Crippen LogP contribution in [-0.2, 0) is 4.74 Å². The van der Waals surface area contributed by atoms with Crippen molar-refractivity contribution < 1.29 is 9.53 Å². The summed E-state index contributed by atoms with van der Waals surface area (Å²) in [6.07, 6.45) is 1.98. The molecular formula is C18H28N2O2. The van der Waals surface area contributed by atoms with E-state index in [-0.39, 0.29) is 6.09 Å². The van der Waals surface area contributed by atoms with E-state index in [1.54, 1.807) is 0 Å². The van der Waals surface area contributed by atoms with Gasteiger partial charge in [-0.05, 0) is 58.6 Å². The smallest absolute Gasteiger partial charge is 0.410 e. The Balaban J connectivity index is 1.91. The third-order valence-corrected chi connectivity index (χ3v) is 3.98. The molecule has 22 heavy (non-hydrogen) atoms. The number of hydrogen-bond donors (Lipinski definition) is 1. The van der Waals surface area contributed by atoms with Crippen molar-refractivity contribution in [2.24, 2.45) is 5.92 Å². The van der Waals surface area contributed by atoms with Crippen molar-refractivity contribution in [3.8, 4) is 0 Å². The third-order valence-electron chi connectivity index (χ3n) is 3.98. The van der Waals surface area contributed by atoms with Crippen molar-refractivity contribution in [3.63, 3.8) is 0 Å². The molecular weight excluding hydrogens is 276 g/mol. The molecule has 0 saturated carbocycles. The standard InChI is InChI=1S/C18H28N2O2/c1-14(19-16-10-6-5-7-11-16)15-9-8-12-20(13-15)17(21)22-18(2,3)4/h5-7,10-11,14-15,19H,8-9,12-13H2,1-4H3/t14-,15+/m0/s1. The van der Waals surface area contributed by atoms with E-state index < -0.39 is 5.60 Å². The average Bonchev–Trinajstić information content (AvgIpc) is 2.46. The van der Waals surface area contributed by atoms with Gasteiger partial charge in [-0.1, -0.05) is 18.2 Å². The van der Waals surface area contributed by atoms with E-state index in [0.29, 0.717) is 12.0 Å². The largest absolute Gasteiger partial charge is 0.444 e. The van der Waals surface area contributed by atoms with E-state index in [1.165, 1.54) is 0 Å². The van der Waals surface area contributed by atoms with Gasteiger partial charge in [0.25, 0.3) is 0 Å². The van der Waals surface area contributed by atoms with Crippen molar-refractivity contribution >= 4 is 11.8 Å².